The average molecular weight is 420 g/mol. The van der Waals surface area contributed by atoms with Crippen molar-refractivity contribution in [1.29, 1.82) is 0 Å². The second kappa shape index (κ2) is 7.92. The van der Waals surface area contributed by atoms with Gasteiger partial charge in [-0.25, -0.2) is 0 Å². The fourth-order valence-corrected chi connectivity index (χ4v) is 2.85. The van der Waals surface area contributed by atoms with Crippen molar-refractivity contribution in [3.8, 4) is 0 Å². The van der Waals surface area contributed by atoms with E-state index in [2.05, 4.69) is 10.3 Å². The molecule has 0 bridgehead atoms. The summed E-state index contributed by atoms with van der Waals surface area (Å²) in [7, 11) is 0. The molecule has 29 heavy (non-hydrogen) atoms. The van der Waals surface area contributed by atoms with Gasteiger partial charge in [0.05, 0.1) is 10.6 Å². The third-order valence-corrected chi connectivity index (χ3v) is 4.37. The van der Waals surface area contributed by atoms with E-state index in [1.807, 2.05) is 0 Å². The molecular formula is C20H13ClF3N3O2. The Morgan fingerprint density at radius 2 is 1.66 bits per heavy atom. The molecule has 9 heteroatoms. The number of carbonyl (C=O) groups is 2. The Kier molecular flexibility index (Phi) is 5.56. The van der Waals surface area contributed by atoms with E-state index in [4.69, 9.17) is 17.3 Å². The maximum absolute atomic E-state index is 13.1. The first kappa shape index (κ1) is 20.3. The number of benzene rings is 2. The molecular weight excluding hydrogens is 407 g/mol. The Labute approximate surface area is 168 Å². The lowest BCUT2D eigenvalue weighted by Crippen LogP contribution is -2.14. The zero-order valence-corrected chi connectivity index (χ0v) is 15.4. The van der Waals surface area contributed by atoms with Gasteiger partial charge < -0.3 is 11.1 Å². The maximum Gasteiger partial charge on any atom is 0.417 e. The molecule has 0 saturated carbocycles. The molecule has 148 valence electrons. The van der Waals surface area contributed by atoms with Crippen molar-refractivity contribution < 1.29 is 22.8 Å². The molecule has 5 nitrogen and oxygen atoms in total. The van der Waals surface area contributed by atoms with Crippen LogP contribution in [0.1, 0.15) is 31.8 Å². The molecule has 0 aliphatic rings. The molecule has 0 saturated heterocycles. The smallest absolute Gasteiger partial charge is 0.366 e. The van der Waals surface area contributed by atoms with E-state index in [0.717, 1.165) is 12.1 Å². The van der Waals surface area contributed by atoms with Crippen LogP contribution in [0.3, 0.4) is 0 Å². The highest BCUT2D eigenvalue weighted by Crippen LogP contribution is 2.37. The van der Waals surface area contributed by atoms with Gasteiger partial charge in [-0.1, -0.05) is 11.6 Å². The van der Waals surface area contributed by atoms with Gasteiger partial charge in [0.25, 0.3) is 0 Å². The number of carbonyl (C=O) groups excluding carboxylic acids is 2. The number of aromatic nitrogens is 1. The highest BCUT2D eigenvalue weighted by atomic mass is 35.5. The van der Waals surface area contributed by atoms with Crippen molar-refractivity contribution in [1.82, 2.24) is 4.98 Å². The van der Waals surface area contributed by atoms with Crippen molar-refractivity contribution in [3.05, 3.63) is 88.2 Å². The number of rotatable bonds is 5. The highest BCUT2D eigenvalue weighted by molar-refractivity contribution is 6.31. The van der Waals surface area contributed by atoms with Crippen LogP contribution in [0.15, 0.2) is 60.9 Å². The number of nitrogens with two attached hydrogens (primary N) is 1. The number of hydrogen-bond acceptors (Lipinski definition) is 4. The molecule has 1 heterocycles. The Morgan fingerprint density at radius 1 is 0.966 bits per heavy atom. The number of hydrogen-bond donors (Lipinski definition) is 2. The van der Waals surface area contributed by atoms with Crippen molar-refractivity contribution in [3.63, 3.8) is 0 Å². The minimum atomic E-state index is -4.64. The summed E-state index contributed by atoms with van der Waals surface area (Å²) in [6.07, 6.45) is -1.79. The SMILES string of the molecule is NC(=O)c1ccc(Nc2ccc(Cl)c(C(F)(F)F)c2)c(C(=O)c2ccncc2)c1. The van der Waals surface area contributed by atoms with Gasteiger partial charge in [-0.15, -0.1) is 0 Å². The summed E-state index contributed by atoms with van der Waals surface area (Å²) in [5.41, 5.74) is 4.98. The second-order valence-electron chi connectivity index (χ2n) is 6.01. The lowest BCUT2D eigenvalue weighted by atomic mass is 9.99. The van der Waals surface area contributed by atoms with Crippen LogP contribution in [-0.4, -0.2) is 16.7 Å². The van der Waals surface area contributed by atoms with Gasteiger partial charge in [-0.05, 0) is 48.5 Å². The van der Waals surface area contributed by atoms with Gasteiger partial charge in [0.1, 0.15) is 0 Å². The molecule has 3 aromatic rings. The molecule has 0 aliphatic carbocycles. The number of pyridine rings is 1. The summed E-state index contributed by atoms with van der Waals surface area (Å²) in [6, 6.07) is 10.3. The normalized spacial score (nSPS) is 11.2. The van der Waals surface area contributed by atoms with E-state index < -0.39 is 28.5 Å². The summed E-state index contributed by atoms with van der Waals surface area (Å²) in [5.74, 6) is -1.20. The van der Waals surface area contributed by atoms with Gasteiger partial charge in [0, 0.05) is 40.5 Å². The van der Waals surface area contributed by atoms with Crippen LogP contribution in [0, 0.1) is 0 Å². The van der Waals surface area contributed by atoms with Crippen molar-refractivity contribution in [2.45, 2.75) is 6.18 Å². The molecule has 0 spiro atoms. The van der Waals surface area contributed by atoms with Crippen LogP contribution in [0.5, 0.6) is 0 Å². The van der Waals surface area contributed by atoms with E-state index in [0.29, 0.717) is 0 Å². The van der Waals surface area contributed by atoms with Crippen LogP contribution in [0.2, 0.25) is 5.02 Å². The Bertz CT molecular complexity index is 1090. The lowest BCUT2D eigenvalue weighted by molar-refractivity contribution is -0.137. The largest absolute Gasteiger partial charge is 0.417 e. The minimum Gasteiger partial charge on any atom is -0.366 e. The standard InChI is InChI=1S/C20H13ClF3N3O2/c21-16-3-2-13(10-15(16)20(22,23)24)27-17-4-1-12(19(25)29)9-14(17)18(28)11-5-7-26-8-6-11/h1-10,27H,(H2,25,29). The number of nitrogens with zero attached hydrogens (tertiary/aromatic N) is 1. The zero-order valence-electron chi connectivity index (χ0n) is 14.6. The molecule has 0 aliphatic heterocycles. The van der Waals surface area contributed by atoms with Gasteiger partial charge in [-0.3, -0.25) is 14.6 Å². The van der Waals surface area contributed by atoms with E-state index in [1.165, 1.54) is 48.8 Å². The van der Waals surface area contributed by atoms with E-state index >= 15 is 0 Å². The number of ketones is 1. The van der Waals surface area contributed by atoms with E-state index in [1.54, 1.807) is 0 Å². The molecule has 1 amide bonds. The third-order valence-electron chi connectivity index (χ3n) is 4.04. The topological polar surface area (TPSA) is 85.1 Å². The highest BCUT2D eigenvalue weighted by Gasteiger charge is 2.33. The molecule has 1 aromatic heterocycles. The second-order valence-corrected chi connectivity index (χ2v) is 6.41. The summed E-state index contributed by atoms with van der Waals surface area (Å²) >= 11 is 5.64. The Hall–Kier alpha value is -3.39. The summed E-state index contributed by atoms with van der Waals surface area (Å²) < 4.78 is 39.3. The number of primary amides is 1. The van der Waals surface area contributed by atoms with Gasteiger partial charge in [0.2, 0.25) is 5.91 Å². The first-order valence-corrected chi connectivity index (χ1v) is 8.57. The predicted molar refractivity (Wildman–Crippen MR) is 102 cm³/mol. The first-order valence-electron chi connectivity index (χ1n) is 8.19. The van der Waals surface area contributed by atoms with Crippen molar-refractivity contribution >= 4 is 34.7 Å². The van der Waals surface area contributed by atoms with Gasteiger partial charge >= 0.3 is 6.18 Å². The Morgan fingerprint density at radius 3 is 2.28 bits per heavy atom. The van der Waals surface area contributed by atoms with Crippen LogP contribution in [0.25, 0.3) is 0 Å². The predicted octanol–water partition coefficient (Wildman–Crippen LogP) is 4.83. The molecule has 0 radical (unpaired) electrons. The van der Waals surface area contributed by atoms with Crippen molar-refractivity contribution in [2.75, 3.05) is 5.32 Å². The third kappa shape index (κ3) is 4.55. The minimum absolute atomic E-state index is 0.0657. The van der Waals surface area contributed by atoms with Gasteiger partial charge in [0.15, 0.2) is 5.78 Å². The van der Waals surface area contributed by atoms with E-state index in [9.17, 15) is 22.8 Å². The molecule has 2 aromatic carbocycles. The first-order chi connectivity index (χ1) is 13.7. The molecule has 0 fully saturated rings. The fraction of sp³-hybridized carbons (Fsp3) is 0.0500. The van der Waals surface area contributed by atoms with Crippen LogP contribution in [0.4, 0.5) is 24.5 Å². The summed E-state index contributed by atoms with van der Waals surface area (Å²) in [6.45, 7) is 0. The van der Waals surface area contributed by atoms with Crippen LogP contribution in [-0.2, 0) is 6.18 Å². The monoisotopic (exact) mass is 419 g/mol. The molecule has 0 atom stereocenters. The number of halogens is 4. The van der Waals surface area contributed by atoms with Crippen molar-refractivity contribution in [2.24, 2.45) is 5.73 Å². The zero-order chi connectivity index (χ0) is 21.2. The van der Waals surface area contributed by atoms with Crippen LogP contribution < -0.4 is 11.1 Å². The number of alkyl halides is 3. The van der Waals surface area contributed by atoms with E-state index in [-0.39, 0.29) is 28.1 Å². The maximum atomic E-state index is 13.1. The number of nitrogens with one attached hydrogen (secondary N) is 1. The lowest BCUT2D eigenvalue weighted by Gasteiger charge is -2.15. The Balaban J connectivity index is 2.06. The molecule has 3 N–H and O–H groups in total. The average Bonchev–Trinajstić information content (AvgIpc) is 2.69. The summed E-state index contributed by atoms with van der Waals surface area (Å²) in [5, 5.41) is 2.34. The fourth-order valence-electron chi connectivity index (χ4n) is 2.63. The van der Waals surface area contributed by atoms with Crippen LogP contribution >= 0.6 is 11.6 Å². The quantitative estimate of drug-likeness (QED) is 0.580. The number of anilines is 2. The molecule has 3 rings (SSSR count). The summed E-state index contributed by atoms with van der Waals surface area (Å²) in [4.78, 5) is 28.2. The number of amides is 1. The molecule has 0 unspecified atom stereocenters. The van der Waals surface area contributed by atoms with Gasteiger partial charge in [-0.2, -0.15) is 13.2 Å².